The molecule has 0 aliphatic rings. The zero-order valence-electron chi connectivity index (χ0n) is 10.9. The molecule has 4 nitrogen and oxygen atoms in total. The van der Waals surface area contributed by atoms with Gasteiger partial charge < -0.3 is 15.8 Å². The molecule has 0 unspecified atom stereocenters. The summed E-state index contributed by atoms with van der Waals surface area (Å²) < 4.78 is 5.07. The normalized spacial score (nSPS) is 10.0. The van der Waals surface area contributed by atoms with Crippen LogP contribution in [0.25, 0.3) is 0 Å². The predicted octanol–water partition coefficient (Wildman–Crippen LogP) is 2.84. The molecular formula is C15H16N2O2. The number of hydrogen-bond acceptors (Lipinski definition) is 3. The van der Waals surface area contributed by atoms with Gasteiger partial charge in [0.25, 0.3) is 5.91 Å². The molecule has 0 saturated heterocycles. The van der Waals surface area contributed by atoms with Crippen LogP contribution in [-0.4, -0.2) is 13.0 Å². The highest BCUT2D eigenvalue weighted by atomic mass is 16.5. The molecule has 0 radical (unpaired) electrons. The number of hydrogen-bond donors (Lipinski definition) is 2. The van der Waals surface area contributed by atoms with Gasteiger partial charge in [-0.1, -0.05) is 17.7 Å². The first-order valence-electron chi connectivity index (χ1n) is 5.91. The van der Waals surface area contributed by atoms with Gasteiger partial charge in [-0.25, -0.2) is 0 Å². The third-order valence-corrected chi connectivity index (χ3v) is 2.77. The van der Waals surface area contributed by atoms with Crippen LogP contribution in [0.1, 0.15) is 15.9 Å². The number of aryl methyl sites for hydroxylation is 1. The first kappa shape index (κ1) is 13.0. The van der Waals surface area contributed by atoms with Crippen LogP contribution in [-0.2, 0) is 0 Å². The second-order valence-corrected chi connectivity index (χ2v) is 4.28. The van der Waals surface area contributed by atoms with Gasteiger partial charge in [0, 0.05) is 11.3 Å². The quantitative estimate of drug-likeness (QED) is 0.830. The number of ether oxygens (including phenoxy) is 1. The fraction of sp³-hybridized carbons (Fsp3) is 0.133. The fourth-order valence-electron chi connectivity index (χ4n) is 1.80. The van der Waals surface area contributed by atoms with Gasteiger partial charge in [-0.2, -0.15) is 0 Å². The highest BCUT2D eigenvalue weighted by Crippen LogP contribution is 2.24. The van der Waals surface area contributed by atoms with Crippen molar-refractivity contribution in [2.45, 2.75) is 6.92 Å². The summed E-state index contributed by atoms with van der Waals surface area (Å²) in [6.45, 7) is 1.95. The number of carbonyl (C=O) groups is 1. The Bertz CT molecular complexity index is 609. The highest BCUT2D eigenvalue weighted by Gasteiger charge is 2.07. The number of rotatable bonds is 3. The topological polar surface area (TPSA) is 64.3 Å². The van der Waals surface area contributed by atoms with E-state index in [4.69, 9.17) is 10.5 Å². The molecule has 0 aliphatic heterocycles. The van der Waals surface area contributed by atoms with E-state index in [-0.39, 0.29) is 5.91 Å². The van der Waals surface area contributed by atoms with E-state index in [2.05, 4.69) is 5.32 Å². The van der Waals surface area contributed by atoms with E-state index in [1.807, 2.05) is 25.1 Å². The lowest BCUT2D eigenvalue weighted by molar-refractivity contribution is 0.102. The molecule has 0 bridgehead atoms. The molecule has 0 fully saturated rings. The molecule has 0 atom stereocenters. The van der Waals surface area contributed by atoms with Crippen LogP contribution in [0.5, 0.6) is 5.75 Å². The maximum atomic E-state index is 12.0. The molecule has 98 valence electrons. The summed E-state index contributed by atoms with van der Waals surface area (Å²) in [5, 5.41) is 2.80. The number of anilines is 2. The van der Waals surface area contributed by atoms with Crippen molar-refractivity contribution in [2.24, 2.45) is 0 Å². The molecule has 0 heterocycles. The minimum absolute atomic E-state index is 0.159. The van der Waals surface area contributed by atoms with Crippen molar-refractivity contribution in [1.82, 2.24) is 0 Å². The first-order valence-corrected chi connectivity index (χ1v) is 5.91. The predicted molar refractivity (Wildman–Crippen MR) is 76.5 cm³/mol. The lowest BCUT2D eigenvalue weighted by Gasteiger charge is -2.09. The van der Waals surface area contributed by atoms with Crippen molar-refractivity contribution in [1.29, 1.82) is 0 Å². The molecule has 3 N–H and O–H groups in total. The highest BCUT2D eigenvalue weighted by molar-refractivity contribution is 6.04. The van der Waals surface area contributed by atoms with Gasteiger partial charge in [-0.05, 0) is 37.3 Å². The molecule has 0 aromatic heterocycles. The van der Waals surface area contributed by atoms with Gasteiger partial charge in [-0.3, -0.25) is 4.79 Å². The van der Waals surface area contributed by atoms with Gasteiger partial charge in [0.15, 0.2) is 0 Å². The fourth-order valence-corrected chi connectivity index (χ4v) is 1.80. The Hall–Kier alpha value is -2.49. The van der Waals surface area contributed by atoms with Gasteiger partial charge in [0.1, 0.15) is 5.75 Å². The number of benzene rings is 2. The summed E-state index contributed by atoms with van der Waals surface area (Å²) in [5.41, 5.74) is 8.59. The number of nitrogen functional groups attached to an aromatic ring is 1. The van der Waals surface area contributed by atoms with E-state index in [9.17, 15) is 4.79 Å². The van der Waals surface area contributed by atoms with Crippen LogP contribution >= 0.6 is 0 Å². The third-order valence-electron chi connectivity index (χ3n) is 2.77. The minimum Gasteiger partial charge on any atom is -0.495 e. The Morgan fingerprint density at radius 3 is 2.63 bits per heavy atom. The maximum absolute atomic E-state index is 12.0. The van der Waals surface area contributed by atoms with Crippen molar-refractivity contribution < 1.29 is 9.53 Å². The monoisotopic (exact) mass is 256 g/mol. The number of carbonyl (C=O) groups excluding carboxylic acids is 1. The molecule has 19 heavy (non-hydrogen) atoms. The Balaban J connectivity index is 2.17. The summed E-state index contributed by atoms with van der Waals surface area (Å²) in [4.78, 5) is 12.0. The van der Waals surface area contributed by atoms with Crippen LogP contribution in [0.2, 0.25) is 0 Å². The van der Waals surface area contributed by atoms with E-state index in [0.29, 0.717) is 22.7 Å². The van der Waals surface area contributed by atoms with Crippen LogP contribution < -0.4 is 15.8 Å². The van der Waals surface area contributed by atoms with Gasteiger partial charge in [0.2, 0.25) is 0 Å². The summed E-state index contributed by atoms with van der Waals surface area (Å²) in [5.74, 6) is 0.432. The number of amides is 1. The second-order valence-electron chi connectivity index (χ2n) is 4.28. The molecule has 4 heteroatoms. The standard InChI is InChI=1S/C15H16N2O2/c1-10-4-3-5-11(8-10)15(18)17-12-6-7-14(19-2)13(16)9-12/h3-9H,16H2,1-2H3,(H,17,18). The molecule has 0 spiro atoms. The molecule has 0 aliphatic carbocycles. The Morgan fingerprint density at radius 2 is 2.00 bits per heavy atom. The summed E-state index contributed by atoms with van der Waals surface area (Å²) in [7, 11) is 1.55. The summed E-state index contributed by atoms with van der Waals surface area (Å²) >= 11 is 0. The molecule has 2 rings (SSSR count). The minimum atomic E-state index is -0.159. The van der Waals surface area contributed by atoms with Crippen molar-refractivity contribution in [3.63, 3.8) is 0 Å². The van der Waals surface area contributed by atoms with Crippen LogP contribution in [0.4, 0.5) is 11.4 Å². The van der Waals surface area contributed by atoms with E-state index >= 15 is 0 Å². The van der Waals surface area contributed by atoms with Crippen molar-refractivity contribution in [3.8, 4) is 5.75 Å². The summed E-state index contributed by atoms with van der Waals surface area (Å²) in [6.07, 6.45) is 0. The number of nitrogens with two attached hydrogens (primary N) is 1. The van der Waals surface area contributed by atoms with E-state index in [1.165, 1.54) is 0 Å². The Kier molecular flexibility index (Phi) is 3.71. The van der Waals surface area contributed by atoms with Gasteiger partial charge in [0.05, 0.1) is 12.8 Å². The molecule has 2 aromatic carbocycles. The lowest BCUT2D eigenvalue weighted by atomic mass is 10.1. The Morgan fingerprint density at radius 1 is 1.21 bits per heavy atom. The summed E-state index contributed by atoms with van der Waals surface area (Å²) in [6, 6.07) is 12.6. The van der Waals surface area contributed by atoms with Gasteiger partial charge in [-0.15, -0.1) is 0 Å². The van der Waals surface area contributed by atoms with Crippen molar-refractivity contribution in [2.75, 3.05) is 18.2 Å². The molecular weight excluding hydrogens is 240 g/mol. The molecule has 0 saturated carbocycles. The smallest absolute Gasteiger partial charge is 0.255 e. The van der Waals surface area contributed by atoms with Crippen molar-refractivity contribution >= 4 is 17.3 Å². The average molecular weight is 256 g/mol. The zero-order valence-corrected chi connectivity index (χ0v) is 10.9. The zero-order chi connectivity index (χ0) is 13.8. The lowest BCUT2D eigenvalue weighted by Crippen LogP contribution is -2.12. The molecule has 2 aromatic rings. The van der Waals surface area contributed by atoms with Gasteiger partial charge >= 0.3 is 0 Å². The molecule has 1 amide bonds. The Labute approximate surface area is 112 Å². The van der Waals surface area contributed by atoms with E-state index < -0.39 is 0 Å². The first-order chi connectivity index (χ1) is 9.10. The largest absolute Gasteiger partial charge is 0.495 e. The van der Waals surface area contributed by atoms with Crippen molar-refractivity contribution in [3.05, 3.63) is 53.6 Å². The number of nitrogens with one attached hydrogen (secondary N) is 1. The van der Waals surface area contributed by atoms with Crippen LogP contribution in [0.15, 0.2) is 42.5 Å². The van der Waals surface area contributed by atoms with E-state index in [0.717, 1.165) is 5.56 Å². The maximum Gasteiger partial charge on any atom is 0.255 e. The van der Waals surface area contributed by atoms with E-state index in [1.54, 1.807) is 31.4 Å². The SMILES string of the molecule is COc1ccc(NC(=O)c2cccc(C)c2)cc1N. The van der Waals surface area contributed by atoms with Crippen LogP contribution in [0, 0.1) is 6.92 Å². The number of methoxy groups -OCH3 is 1. The van der Waals surface area contributed by atoms with Crippen LogP contribution in [0.3, 0.4) is 0 Å². The average Bonchev–Trinajstić information content (AvgIpc) is 2.39. The second kappa shape index (κ2) is 5.44. The third kappa shape index (κ3) is 3.04.